The van der Waals surface area contributed by atoms with E-state index in [4.69, 9.17) is 23.7 Å². The number of rotatable bonds is 3. The number of hydrogen-bond donors (Lipinski definition) is 0. The van der Waals surface area contributed by atoms with E-state index < -0.39 is 11.6 Å². The van der Waals surface area contributed by atoms with Gasteiger partial charge in [0, 0.05) is 32.1 Å². The Morgan fingerprint density at radius 3 is 2.00 bits per heavy atom. The van der Waals surface area contributed by atoms with Gasteiger partial charge < -0.3 is 23.7 Å². The van der Waals surface area contributed by atoms with Crippen LogP contribution in [0.25, 0.3) is 0 Å². The monoisotopic (exact) mass is 414 g/mol. The first-order valence-electron chi connectivity index (χ1n) is 12.1. The van der Waals surface area contributed by atoms with Crippen molar-refractivity contribution in [1.29, 1.82) is 0 Å². The predicted molar refractivity (Wildman–Crippen MR) is 111 cm³/mol. The van der Waals surface area contributed by atoms with Gasteiger partial charge in [-0.15, -0.1) is 0 Å². The zero-order valence-electron chi connectivity index (χ0n) is 17.8. The third kappa shape index (κ3) is 3.53. The summed E-state index contributed by atoms with van der Waals surface area (Å²) in [4.78, 5) is 0. The maximum Gasteiger partial charge on any atom is 0.169 e. The first-order valence-corrected chi connectivity index (χ1v) is 12.1. The van der Waals surface area contributed by atoms with Crippen LogP contribution in [-0.2, 0) is 30.3 Å². The minimum atomic E-state index is -0.442. The van der Waals surface area contributed by atoms with Crippen LogP contribution in [0.1, 0.15) is 76.2 Å². The molecule has 2 spiro atoms. The van der Waals surface area contributed by atoms with Gasteiger partial charge >= 0.3 is 0 Å². The molecule has 5 fully saturated rings. The van der Waals surface area contributed by atoms with E-state index in [1.54, 1.807) is 0 Å². The molecule has 5 aliphatic rings. The molecular weight excluding hydrogens is 380 g/mol. The number of hydrogen-bond acceptors (Lipinski definition) is 5. The Balaban J connectivity index is 1.24. The molecule has 1 aromatic carbocycles. The number of benzene rings is 1. The molecular formula is C25H34O5. The molecule has 5 heteroatoms. The second kappa shape index (κ2) is 7.86. The van der Waals surface area contributed by atoms with E-state index in [1.807, 2.05) is 6.07 Å². The molecule has 0 N–H and O–H groups in total. The highest BCUT2D eigenvalue weighted by Gasteiger charge is 2.63. The molecule has 0 unspecified atom stereocenters. The summed E-state index contributed by atoms with van der Waals surface area (Å²) in [6.45, 7) is 0.592. The fourth-order valence-electron chi connectivity index (χ4n) is 6.31. The minimum absolute atomic E-state index is 0.0277. The molecule has 30 heavy (non-hydrogen) atoms. The molecule has 0 amide bonds. The van der Waals surface area contributed by atoms with Crippen LogP contribution in [-0.4, -0.2) is 42.1 Å². The van der Waals surface area contributed by atoms with E-state index in [-0.39, 0.29) is 30.5 Å². The third-order valence-corrected chi connectivity index (χ3v) is 7.80. The van der Waals surface area contributed by atoms with E-state index in [1.165, 1.54) is 44.1 Å². The lowest BCUT2D eigenvalue weighted by molar-refractivity contribution is -0.221. The Morgan fingerprint density at radius 2 is 1.30 bits per heavy atom. The van der Waals surface area contributed by atoms with Gasteiger partial charge in [0.1, 0.15) is 18.3 Å². The maximum absolute atomic E-state index is 6.72. The van der Waals surface area contributed by atoms with Crippen molar-refractivity contribution in [3.05, 3.63) is 35.9 Å². The summed E-state index contributed by atoms with van der Waals surface area (Å²) in [7, 11) is 0. The average Bonchev–Trinajstić information content (AvgIpc) is 3.32. The standard InChI is InChI=1S/C25H34O5/c1-4-10-18(11-5-1)17-26-19-16-20-22(29-24(27-20)12-6-2-7-13-24)23-21(19)28-25(30-23)14-8-3-9-15-25/h1,4-5,10-11,19-23H,2-3,6-9,12-17H2/t19-,20+,21+,22+,23-/m0/s1. The SMILES string of the molecule is c1ccc(CO[C@H]2C[C@H]3OC4(CCCCC4)O[C@H]3[C@H]3OC4(CCCCC4)O[C@@H]32)cc1. The molecule has 6 rings (SSSR count). The van der Waals surface area contributed by atoms with Crippen molar-refractivity contribution in [3.8, 4) is 0 Å². The Labute approximate surface area is 179 Å². The summed E-state index contributed by atoms with van der Waals surface area (Å²) in [5.41, 5.74) is 1.19. The van der Waals surface area contributed by atoms with Crippen LogP contribution in [0.15, 0.2) is 30.3 Å². The summed E-state index contributed by atoms with van der Waals surface area (Å²) >= 11 is 0. The van der Waals surface area contributed by atoms with Crippen molar-refractivity contribution in [1.82, 2.24) is 0 Å². The molecule has 2 heterocycles. The summed E-state index contributed by atoms with van der Waals surface area (Å²) < 4.78 is 33.2. The van der Waals surface area contributed by atoms with Gasteiger partial charge in [-0.1, -0.05) is 43.2 Å². The summed E-state index contributed by atoms with van der Waals surface area (Å²) in [6.07, 6.45) is 11.8. The summed E-state index contributed by atoms with van der Waals surface area (Å²) in [6, 6.07) is 10.4. The van der Waals surface area contributed by atoms with E-state index in [0.717, 1.165) is 32.1 Å². The topological polar surface area (TPSA) is 46.2 Å². The number of fused-ring (bicyclic) bond motifs is 3. The van der Waals surface area contributed by atoms with Gasteiger partial charge in [0.25, 0.3) is 0 Å². The highest BCUT2D eigenvalue weighted by atomic mass is 16.8. The molecule has 3 saturated carbocycles. The predicted octanol–water partition coefficient (Wildman–Crippen LogP) is 4.86. The quantitative estimate of drug-likeness (QED) is 0.707. The van der Waals surface area contributed by atoms with Gasteiger partial charge in [0.15, 0.2) is 11.6 Å². The fraction of sp³-hybridized carbons (Fsp3) is 0.760. The lowest BCUT2D eigenvalue weighted by Gasteiger charge is -2.37. The summed E-state index contributed by atoms with van der Waals surface area (Å²) in [5.74, 6) is -0.847. The lowest BCUT2D eigenvalue weighted by atomic mass is 9.87. The largest absolute Gasteiger partial charge is 0.371 e. The molecule has 5 atom stereocenters. The Hall–Kier alpha value is -0.980. The number of ether oxygens (including phenoxy) is 5. The molecule has 3 aliphatic carbocycles. The van der Waals surface area contributed by atoms with Gasteiger partial charge in [-0.3, -0.25) is 0 Å². The smallest absolute Gasteiger partial charge is 0.169 e. The Bertz CT molecular complexity index is 724. The molecule has 5 nitrogen and oxygen atoms in total. The molecule has 2 aliphatic heterocycles. The zero-order chi connectivity index (χ0) is 20.0. The molecule has 0 bridgehead atoms. The molecule has 1 aromatic rings. The third-order valence-electron chi connectivity index (χ3n) is 7.80. The van der Waals surface area contributed by atoms with Gasteiger partial charge in [-0.2, -0.15) is 0 Å². The van der Waals surface area contributed by atoms with Crippen LogP contribution < -0.4 is 0 Å². The van der Waals surface area contributed by atoms with E-state index in [9.17, 15) is 0 Å². The first kappa shape index (κ1) is 19.7. The van der Waals surface area contributed by atoms with Gasteiger partial charge in [0.05, 0.1) is 18.8 Å². The maximum atomic E-state index is 6.72. The Morgan fingerprint density at radius 1 is 0.700 bits per heavy atom. The molecule has 0 aromatic heterocycles. The minimum Gasteiger partial charge on any atom is -0.371 e. The zero-order valence-corrected chi connectivity index (χ0v) is 17.8. The second-order valence-corrected chi connectivity index (χ2v) is 9.92. The van der Waals surface area contributed by atoms with Crippen molar-refractivity contribution >= 4 is 0 Å². The van der Waals surface area contributed by atoms with Gasteiger partial charge in [-0.05, 0) is 31.2 Å². The van der Waals surface area contributed by atoms with Gasteiger partial charge in [-0.25, -0.2) is 0 Å². The average molecular weight is 415 g/mol. The van der Waals surface area contributed by atoms with E-state index in [2.05, 4.69) is 24.3 Å². The summed E-state index contributed by atoms with van der Waals surface area (Å²) in [5, 5.41) is 0. The van der Waals surface area contributed by atoms with Crippen molar-refractivity contribution < 1.29 is 23.7 Å². The molecule has 0 radical (unpaired) electrons. The van der Waals surface area contributed by atoms with Crippen LogP contribution in [0.3, 0.4) is 0 Å². The van der Waals surface area contributed by atoms with Crippen LogP contribution in [0.4, 0.5) is 0 Å². The first-order chi connectivity index (χ1) is 14.7. The van der Waals surface area contributed by atoms with Crippen molar-refractivity contribution in [2.24, 2.45) is 0 Å². The van der Waals surface area contributed by atoms with Crippen molar-refractivity contribution in [3.63, 3.8) is 0 Å². The van der Waals surface area contributed by atoms with Crippen molar-refractivity contribution in [2.45, 2.75) is 119 Å². The second-order valence-electron chi connectivity index (χ2n) is 9.92. The fourth-order valence-corrected chi connectivity index (χ4v) is 6.31. The Kier molecular flexibility index (Phi) is 5.16. The van der Waals surface area contributed by atoms with E-state index >= 15 is 0 Å². The molecule has 164 valence electrons. The van der Waals surface area contributed by atoms with Crippen molar-refractivity contribution in [2.75, 3.05) is 0 Å². The van der Waals surface area contributed by atoms with E-state index in [0.29, 0.717) is 6.61 Å². The highest BCUT2D eigenvalue weighted by Crippen LogP contribution is 2.51. The van der Waals surface area contributed by atoms with Crippen LogP contribution in [0.2, 0.25) is 0 Å². The van der Waals surface area contributed by atoms with Crippen LogP contribution in [0, 0.1) is 0 Å². The lowest BCUT2D eigenvalue weighted by Crippen LogP contribution is -2.54. The van der Waals surface area contributed by atoms with Crippen LogP contribution in [0.5, 0.6) is 0 Å². The van der Waals surface area contributed by atoms with Gasteiger partial charge in [0.2, 0.25) is 0 Å². The molecule has 2 saturated heterocycles. The normalized spacial score (nSPS) is 39.1. The van der Waals surface area contributed by atoms with Crippen LogP contribution >= 0.6 is 0 Å². The highest BCUT2D eigenvalue weighted by molar-refractivity contribution is 5.14.